The lowest BCUT2D eigenvalue weighted by Gasteiger charge is -2.04. The Labute approximate surface area is 123 Å². The summed E-state index contributed by atoms with van der Waals surface area (Å²) in [6.45, 7) is 3.35. The summed E-state index contributed by atoms with van der Waals surface area (Å²) in [4.78, 5) is 23.3. The van der Waals surface area contributed by atoms with Crippen molar-refractivity contribution in [2.75, 3.05) is 0 Å². The van der Waals surface area contributed by atoms with Gasteiger partial charge in [0.25, 0.3) is 0 Å². The highest BCUT2D eigenvalue weighted by Crippen LogP contribution is 2.20. The molecule has 104 valence electrons. The number of ether oxygens (including phenoxy) is 1. The molecule has 0 spiro atoms. The second kappa shape index (κ2) is 7.01. The smallest absolute Gasteiger partial charge is 0.335 e. The Morgan fingerprint density at radius 3 is 2.33 bits per heavy atom. The fraction of sp³-hybridized carbons (Fsp3) is 0. The third-order valence-corrected chi connectivity index (χ3v) is 2.77. The molecule has 0 saturated heterocycles. The molecule has 2 rings (SSSR count). The number of hydrogen-bond acceptors (Lipinski definition) is 3. The van der Waals surface area contributed by atoms with Gasteiger partial charge in [-0.3, -0.25) is 4.79 Å². The van der Waals surface area contributed by atoms with Crippen LogP contribution in [-0.4, -0.2) is 11.8 Å². The minimum absolute atomic E-state index is 0.111. The maximum atomic E-state index is 12.0. The molecule has 0 aromatic heterocycles. The molecule has 0 atom stereocenters. The van der Waals surface area contributed by atoms with Gasteiger partial charge in [-0.25, -0.2) is 4.79 Å². The van der Waals surface area contributed by atoms with Crippen LogP contribution in [0.1, 0.15) is 15.9 Å². The van der Waals surface area contributed by atoms with E-state index in [0.29, 0.717) is 16.9 Å². The largest absolute Gasteiger partial charge is 0.423 e. The first kappa shape index (κ1) is 14.5. The number of ketones is 1. The van der Waals surface area contributed by atoms with Crippen LogP contribution < -0.4 is 4.74 Å². The zero-order valence-corrected chi connectivity index (χ0v) is 11.4. The van der Waals surface area contributed by atoms with Crippen molar-refractivity contribution in [2.24, 2.45) is 0 Å². The van der Waals surface area contributed by atoms with Crippen LogP contribution in [0.4, 0.5) is 0 Å². The van der Waals surface area contributed by atoms with Gasteiger partial charge in [0.2, 0.25) is 0 Å². The number of allylic oxidation sites excluding steroid dienone is 1. The van der Waals surface area contributed by atoms with E-state index in [1.165, 1.54) is 6.08 Å². The third kappa shape index (κ3) is 4.01. The summed E-state index contributed by atoms with van der Waals surface area (Å²) in [5, 5.41) is 0. The van der Waals surface area contributed by atoms with E-state index in [4.69, 9.17) is 4.74 Å². The molecule has 0 aliphatic carbocycles. The highest BCUT2D eigenvalue weighted by Gasteiger charge is 2.05. The molecule has 0 saturated carbocycles. The predicted molar refractivity (Wildman–Crippen MR) is 82.1 cm³/mol. The summed E-state index contributed by atoms with van der Waals surface area (Å²) in [5.41, 5.74) is 1.26. The first-order valence-electron chi connectivity index (χ1n) is 6.41. The highest BCUT2D eigenvalue weighted by molar-refractivity contribution is 6.06. The number of carbonyl (C=O) groups is 2. The van der Waals surface area contributed by atoms with Crippen molar-refractivity contribution in [3.05, 3.63) is 84.5 Å². The molecular weight excluding hydrogens is 264 g/mol. The first-order valence-corrected chi connectivity index (χ1v) is 6.41. The van der Waals surface area contributed by atoms with E-state index in [2.05, 4.69) is 6.58 Å². The minimum Gasteiger partial charge on any atom is -0.423 e. The highest BCUT2D eigenvalue weighted by atomic mass is 16.5. The summed E-state index contributed by atoms with van der Waals surface area (Å²) >= 11 is 0. The molecule has 3 heteroatoms. The molecule has 0 radical (unpaired) electrons. The zero-order chi connectivity index (χ0) is 15.1. The van der Waals surface area contributed by atoms with E-state index in [1.807, 2.05) is 6.07 Å². The normalized spacial score (nSPS) is 10.3. The standard InChI is InChI=1S/C18H14O3/c1-2-18(20)21-17-11-7-6-10-15(17)12-13-16(19)14-8-4-3-5-9-14/h2-13H,1H2. The van der Waals surface area contributed by atoms with Crippen molar-refractivity contribution in [1.82, 2.24) is 0 Å². The van der Waals surface area contributed by atoms with Gasteiger partial charge in [0.05, 0.1) is 0 Å². The second-order valence-corrected chi connectivity index (χ2v) is 4.23. The van der Waals surface area contributed by atoms with Crippen molar-refractivity contribution in [2.45, 2.75) is 0 Å². The van der Waals surface area contributed by atoms with E-state index >= 15 is 0 Å². The van der Waals surface area contributed by atoms with Gasteiger partial charge in [0.1, 0.15) is 5.75 Å². The van der Waals surface area contributed by atoms with Gasteiger partial charge in [-0.1, -0.05) is 55.1 Å². The number of para-hydroxylation sites is 1. The topological polar surface area (TPSA) is 43.4 Å². The van der Waals surface area contributed by atoms with Crippen LogP contribution in [0.3, 0.4) is 0 Å². The van der Waals surface area contributed by atoms with Crippen LogP contribution >= 0.6 is 0 Å². The third-order valence-electron chi connectivity index (χ3n) is 2.77. The Bertz CT molecular complexity index is 685. The summed E-state index contributed by atoms with van der Waals surface area (Å²) < 4.78 is 5.11. The molecule has 2 aromatic carbocycles. The molecule has 0 N–H and O–H groups in total. The summed E-state index contributed by atoms with van der Waals surface area (Å²) in [5.74, 6) is -0.259. The first-order chi connectivity index (χ1) is 10.2. The second-order valence-electron chi connectivity index (χ2n) is 4.23. The van der Waals surface area contributed by atoms with E-state index < -0.39 is 5.97 Å². The van der Waals surface area contributed by atoms with E-state index in [9.17, 15) is 9.59 Å². The molecule has 2 aromatic rings. The van der Waals surface area contributed by atoms with Crippen LogP contribution in [0.15, 0.2) is 73.3 Å². The lowest BCUT2D eigenvalue weighted by atomic mass is 10.1. The summed E-state index contributed by atoms with van der Waals surface area (Å²) in [6, 6.07) is 15.9. The molecular formula is C18H14O3. The monoisotopic (exact) mass is 278 g/mol. The lowest BCUT2D eigenvalue weighted by molar-refractivity contribution is -0.128. The molecule has 0 amide bonds. The number of benzene rings is 2. The van der Waals surface area contributed by atoms with Crippen molar-refractivity contribution in [1.29, 1.82) is 0 Å². The zero-order valence-electron chi connectivity index (χ0n) is 11.4. The number of esters is 1. The maximum Gasteiger partial charge on any atom is 0.335 e. The molecule has 21 heavy (non-hydrogen) atoms. The van der Waals surface area contributed by atoms with Gasteiger partial charge in [-0.05, 0) is 18.2 Å². The predicted octanol–water partition coefficient (Wildman–Crippen LogP) is 3.67. The Morgan fingerprint density at radius 1 is 0.952 bits per heavy atom. The minimum atomic E-state index is -0.537. The van der Waals surface area contributed by atoms with Gasteiger partial charge < -0.3 is 4.74 Å². The van der Waals surface area contributed by atoms with Gasteiger partial charge in [-0.15, -0.1) is 0 Å². The van der Waals surface area contributed by atoms with Crippen LogP contribution in [0.5, 0.6) is 5.75 Å². The van der Waals surface area contributed by atoms with Crippen LogP contribution in [-0.2, 0) is 4.79 Å². The maximum absolute atomic E-state index is 12.0. The number of hydrogen-bond donors (Lipinski definition) is 0. The van der Waals surface area contributed by atoms with Crippen LogP contribution in [0, 0.1) is 0 Å². The quantitative estimate of drug-likeness (QED) is 0.363. The molecule has 3 nitrogen and oxygen atoms in total. The van der Waals surface area contributed by atoms with Gasteiger partial charge in [-0.2, -0.15) is 0 Å². The SMILES string of the molecule is C=CC(=O)Oc1ccccc1C=CC(=O)c1ccccc1. The Balaban J connectivity index is 2.19. The summed E-state index contributed by atoms with van der Waals surface area (Å²) in [7, 11) is 0. The van der Waals surface area contributed by atoms with Crippen molar-refractivity contribution < 1.29 is 14.3 Å². The van der Waals surface area contributed by atoms with Crippen LogP contribution in [0.25, 0.3) is 6.08 Å². The van der Waals surface area contributed by atoms with Gasteiger partial charge >= 0.3 is 5.97 Å². The fourth-order valence-corrected chi connectivity index (χ4v) is 1.73. The van der Waals surface area contributed by atoms with Crippen molar-refractivity contribution in [3.63, 3.8) is 0 Å². The number of rotatable bonds is 5. The summed E-state index contributed by atoms with van der Waals surface area (Å²) in [6.07, 6.45) is 4.17. The van der Waals surface area contributed by atoms with Gasteiger partial charge in [0.15, 0.2) is 5.78 Å². The Kier molecular flexibility index (Phi) is 4.83. The van der Waals surface area contributed by atoms with E-state index in [1.54, 1.807) is 54.6 Å². The Morgan fingerprint density at radius 2 is 1.62 bits per heavy atom. The Hall–Kier alpha value is -2.94. The van der Waals surface area contributed by atoms with E-state index in [0.717, 1.165) is 6.08 Å². The van der Waals surface area contributed by atoms with Crippen molar-refractivity contribution in [3.8, 4) is 5.75 Å². The van der Waals surface area contributed by atoms with Crippen molar-refractivity contribution >= 4 is 17.8 Å². The molecule has 0 aliphatic rings. The molecule has 0 aliphatic heterocycles. The lowest BCUT2D eigenvalue weighted by Crippen LogP contribution is -2.04. The average Bonchev–Trinajstić information content (AvgIpc) is 2.54. The molecule has 0 heterocycles. The number of carbonyl (C=O) groups excluding carboxylic acids is 2. The molecule has 0 bridgehead atoms. The molecule has 0 unspecified atom stereocenters. The van der Waals surface area contributed by atoms with Gasteiger partial charge in [0, 0.05) is 17.2 Å². The van der Waals surface area contributed by atoms with Crippen LogP contribution in [0.2, 0.25) is 0 Å². The molecule has 0 fully saturated rings. The average molecular weight is 278 g/mol. The van der Waals surface area contributed by atoms with E-state index in [-0.39, 0.29) is 5.78 Å². The fourth-order valence-electron chi connectivity index (χ4n) is 1.73.